The van der Waals surface area contributed by atoms with Gasteiger partial charge in [-0.3, -0.25) is 4.79 Å². The standard InChI is InChI=1S/C24H30N2O/c1-19(2)18-22-10-12-23(13-11-22)20(3)24(27)26(16-7-15-25)17-14-21-8-5-4-6-9-21/h4-6,8-13,19-20H,7,14,16-18H2,1-3H3. The van der Waals surface area contributed by atoms with Crippen LogP contribution in [-0.2, 0) is 17.6 Å². The molecule has 0 bridgehead atoms. The highest BCUT2D eigenvalue weighted by Crippen LogP contribution is 2.20. The van der Waals surface area contributed by atoms with Crippen molar-refractivity contribution in [1.29, 1.82) is 5.26 Å². The minimum absolute atomic E-state index is 0.0952. The molecule has 0 aliphatic heterocycles. The maximum Gasteiger partial charge on any atom is 0.229 e. The molecule has 0 N–H and O–H groups in total. The van der Waals surface area contributed by atoms with E-state index in [-0.39, 0.29) is 11.8 Å². The highest BCUT2D eigenvalue weighted by Gasteiger charge is 2.21. The zero-order valence-corrected chi connectivity index (χ0v) is 16.7. The molecule has 1 unspecified atom stereocenters. The molecule has 3 heteroatoms. The minimum atomic E-state index is -0.201. The first-order valence-electron chi connectivity index (χ1n) is 9.79. The van der Waals surface area contributed by atoms with Crippen LogP contribution in [0.4, 0.5) is 0 Å². The Balaban J connectivity index is 2.05. The highest BCUT2D eigenvalue weighted by atomic mass is 16.2. The number of hydrogen-bond donors (Lipinski definition) is 0. The van der Waals surface area contributed by atoms with Crippen molar-refractivity contribution in [2.24, 2.45) is 5.92 Å². The molecule has 0 aliphatic carbocycles. The van der Waals surface area contributed by atoms with Crippen LogP contribution in [0.15, 0.2) is 54.6 Å². The van der Waals surface area contributed by atoms with Crippen molar-refractivity contribution in [3.63, 3.8) is 0 Å². The zero-order chi connectivity index (χ0) is 19.6. The van der Waals surface area contributed by atoms with Crippen molar-refractivity contribution in [3.8, 4) is 6.07 Å². The molecule has 0 aromatic heterocycles. The molecule has 0 aliphatic rings. The lowest BCUT2D eigenvalue weighted by Crippen LogP contribution is -2.36. The second kappa shape index (κ2) is 10.5. The summed E-state index contributed by atoms with van der Waals surface area (Å²) in [4.78, 5) is 14.9. The Kier molecular flexibility index (Phi) is 8.07. The van der Waals surface area contributed by atoms with Crippen LogP contribution in [0.5, 0.6) is 0 Å². The lowest BCUT2D eigenvalue weighted by Gasteiger charge is -2.25. The number of carbonyl (C=O) groups is 1. The maximum absolute atomic E-state index is 13.0. The Bertz CT molecular complexity index is 744. The van der Waals surface area contributed by atoms with Crippen molar-refractivity contribution < 1.29 is 4.79 Å². The van der Waals surface area contributed by atoms with Gasteiger partial charge in [-0.25, -0.2) is 0 Å². The van der Waals surface area contributed by atoms with Crippen LogP contribution in [0.3, 0.4) is 0 Å². The van der Waals surface area contributed by atoms with Gasteiger partial charge in [-0.1, -0.05) is 68.4 Å². The third kappa shape index (κ3) is 6.57. The van der Waals surface area contributed by atoms with E-state index in [0.717, 1.165) is 18.4 Å². The van der Waals surface area contributed by atoms with Crippen molar-refractivity contribution in [1.82, 2.24) is 4.90 Å². The normalized spacial score (nSPS) is 11.8. The van der Waals surface area contributed by atoms with E-state index < -0.39 is 0 Å². The number of nitriles is 1. The average molecular weight is 363 g/mol. The maximum atomic E-state index is 13.0. The van der Waals surface area contributed by atoms with Gasteiger partial charge < -0.3 is 4.90 Å². The van der Waals surface area contributed by atoms with Gasteiger partial charge in [0.1, 0.15) is 0 Å². The van der Waals surface area contributed by atoms with Gasteiger partial charge in [-0.2, -0.15) is 5.26 Å². The number of carbonyl (C=O) groups excluding carboxylic acids is 1. The first-order valence-corrected chi connectivity index (χ1v) is 9.79. The van der Waals surface area contributed by atoms with Gasteiger partial charge in [0.25, 0.3) is 0 Å². The van der Waals surface area contributed by atoms with Crippen LogP contribution in [-0.4, -0.2) is 23.9 Å². The fourth-order valence-corrected chi connectivity index (χ4v) is 3.26. The lowest BCUT2D eigenvalue weighted by molar-refractivity contribution is -0.132. The largest absolute Gasteiger partial charge is 0.341 e. The first kappa shape index (κ1) is 20.7. The quantitative estimate of drug-likeness (QED) is 0.632. The molecule has 0 fully saturated rings. The molecular weight excluding hydrogens is 332 g/mol. The smallest absolute Gasteiger partial charge is 0.229 e. The van der Waals surface area contributed by atoms with Crippen molar-refractivity contribution in [2.75, 3.05) is 13.1 Å². The van der Waals surface area contributed by atoms with Crippen molar-refractivity contribution in [3.05, 3.63) is 71.3 Å². The molecule has 0 heterocycles. The second-order valence-corrected chi connectivity index (χ2v) is 7.53. The van der Waals surface area contributed by atoms with Crippen molar-refractivity contribution in [2.45, 2.75) is 46.0 Å². The Morgan fingerprint density at radius 1 is 0.963 bits per heavy atom. The first-order chi connectivity index (χ1) is 13.0. The zero-order valence-electron chi connectivity index (χ0n) is 16.7. The summed E-state index contributed by atoms with van der Waals surface area (Å²) in [5.74, 6) is 0.514. The van der Waals surface area contributed by atoms with Crippen LogP contribution in [0.25, 0.3) is 0 Å². The van der Waals surface area contributed by atoms with E-state index in [9.17, 15) is 4.79 Å². The topological polar surface area (TPSA) is 44.1 Å². The molecule has 1 amide bonds. The van der Waals surface area contributed by atoms with Crippen molar-refractivity contribution >= 4 is 5.91 Å². The predicted octanol–water partition coefficient (Wildman–Crippen LogP) is 4.97. The number of rotatable bonds is 9. The Hall–Kier alpha value is -2.60. The molecule has 3 nitrogen and oxygen atoms in total. The van der Waals surface area contributed by atoms with E-state index in [1.54, 1.807) is 0 Å². The van der Waals surface area contributed by atoms with Crippen LogP contribution in [0.1, 0.15) is 49.8 Å². The highest BCUT2D eigenvalue weighted by molar-refractivity contribution is 5.83. The van der Waals surface area contributed by atoms with Crippen LogP contribution in [0.2, 0.25) is 0 Å². The molecule has 0 spiro atoms. The minimum Gasteiger partial charge on any atom is -0.341 e. The average Bonchev–Trinajstić information content (AvgIpc) is 2.68. The van der Waals surface area contributed by atoms with Gasteiger partial charge in [0.2, 0.25) is 5.91 Å². The number of benzene rings is 2. The summed E-state index contributed by atoms with van der Waals surface area (Å²) < 4.78 is 0. The SMILES string of the molecule is CC(C)Cc1ccc(C(C)C(=O)N(CCC#N)CCc2ccccc2)cc1. The summed E-state index contributed by atoms with van der Waals surface area (Å²) in [7, 11) is 0. The number of amides is 1. The number of nitrogens with zero attached hydrogens (tertiary/aromatic N) is 2. The summed E-state index contributed by atoms with van der Waals surface area (Å²) >= 11 is 0. The van der Waals surface area contributed by atoms with E-state index in [1.807, 2.05) is 30.0 Å². The molecule has 27 heavy (non-hydrogen) atoms. The molecule has 142 valence electrons. The monoisotopic (exact) mass is 362 g/mol. The third-order valence-corrected chi connectivity index (χ3v) is 4.81. The van der Waals surface area contributed by atoms with Gasteiger partial charge >= 0.3 is 0 Å². The summed E-state index contributed by atoms with van der Waals surface area (Å²) in [6, 6.07) is 20.7. The number of hydrogen-bond acceptors (Lipinski definition) is 2. The Labute approximate surface area is 163 Å². The van der Waals surface area contributed by atoms with Gasteiger partial charge in [0.05, 0.1) is 18.4 Å². The molecule has 2 rings (SSSR count). The Morgan fingerprint density at radius 2 is 1.63 bits per heavy atom. The fraction of sp³-hybridized carbons (Fsp3) is 0.417. The van der Waals surface area contributed by atoms with E-state index in [0.29, 0.717) is 25.4 Å². The van der Waals surface area contributed by atoms with Gasteiger partial charge in [0.15, 0.2) is 0 Å². The molecule has 0 saturated carbocycles. The lowest BCUT2D eigenvalue weighted by atomic mass is 9.95. The van der Waals surface area contributed by atoms with Crippen LogP contribution >= 0.6 is 0 Å². The third-order valence-electron chi connectivity index (χ3n) is 4.81. The predicted molar refractivity (Wildman–Crippen MR) is 110 cm³/mol. The Morgan fingerprint density at radius 3 is 2.22 bits per heavy atom. The van der Waals surface area contributed by atoms with E-state index in [4.69, 9.17) is 5.26 Å². The molecule has 2 aromatic carbocycles. The van der Waals surface area contributed by atoms with E-state index in [2.05, 4.69) is 56.3 Å². The molecule has 0 radical (unpaired) electrons. The van der Waals surface area contributed by atoms with Crippen LogP contribution < -0.4 is 0 Å². The second-order valence-electron chi connectivity index (χ2n) is 7.53. The van der Waals surface area contributed by atoms with Gasteiger partial charge in [-0.05, 0) is 42.4 Å². The molecule has 0 saturated heterocycles. The van der Waals surface area contributed by atoms with E-state index >= 15 is 0 Å². The molecule has 1 atom stereocenters. The summed E-state index contributed by atoms with van der Waals surface area (Å²) in [5.41, 5.74) is 3.55. The summed E-state index contributed by atoms with van der Waals surface area (Å²) in [6.07, 6.45) is 2.21. The van der Waals surface area contributed by atoms with Gasteiger partial charge in [-0.15, -0.1) is 0 Å². The molecule has 2 aromatic rings. The van der Waals surface area contributed by atoms with Gasteiger partial charge in [0, 0.05) is 13.1 Å². The van der Waals surface area contributed by atoms with E-state index in [1.165, 1.54) is 11.1 Å². The van der Waals surface area contributed by atoms with Crippen LogP contribution in [0, 0.1) is 17.2 Å². The molecular formula is C24H30N2O. The fourth-order valence-electron chi connectivity index (χ4n) is 3.26. The summed E-state index contributed by atoms with van der Waals surface area (Å²) in [6.45, 7) is 7.50. The summed E-state index contributed by atoms with van der Waals surface area (Å²) in [5, 5.41) is 8.95.